The highest BCUT2D eigenvalue weighted by Gasteiger charge is 2.18. The summed E-state index contributed by atoms with van der Waals surface area (Å²) < 4.78 is 0. The van der Waals surface area contributed by atoms with Crippen molar-refractivity contribution in [3.8, 4) is 0 Å². The Hall–Kier alpha value is -1.88. The van der Waals surface area contributed by atoms with Crippen LogP contribution in [0.1, 0.15) is 51.8 Å². The summed E-state index contributed by atoms with van der Waals surface area (Å²) in [4.78, 5) is 24.7. The molecule has 0 saturated heterocycles. The Bertz CT molecular complexity index is 538. The van der Waals surface area contributed by atoms with Crippen LogP contribution in [-0.2, 0) is 16.0 Å². The normalized spacial score (nSPS) is 12.7. The molecule has 0 aromatic heterocycles. The highest BCUT2D eigenvalue weighted by Crippen LogP contribution is 2.15. The lowest BCUT2D eigenvalue weighted by molar-refractivity contribution is -0.139. The van der Waals surface area contributed by atoms with Crippen molar-refractivity contribution in [1.29, 1.82) is 0 Å². The van der Waals surface area contributed by atoms with Gasteiger partial charge in [-0.1, -0.05) is 38.1 Å². The number of aliphatic carboxylic acids is 1. The van der Waals surface area contributed by atoms with Gasteiger partial charge in [0.05, 0.1) is 19.1 Å². The highest BCUT2D eigenvalue weighted by molar-refractivity contribution is 5.79. The summed E-state index contributed by atoms with van der Waals surface area (Å²) in [6, 6.07) is 8.17. The SMILES string of the molecule is CC(C)Cc1ccc(C(C)NC(=O)CN(CC(=O)O)C(C)C)cc1. The zero-order valence-corrected chi connectivity index (χ0v) is 15.4. The van der Waals surface area contributed by atoms with Gasteiger partial charge in [0.2, 0.25) is 5.91 Å². The molecule has 0 aliphatic rings. The molecule has 1 aromatic carbocycles. The Labute approximate surface area is 145 Å². The number of hydrogen-bond donors (Lipinski definition) is 2. The average molecular weight is 334 g/mol. The van der Waals surface area contributed by atoms with E-state index < -0.39 is 5.97 Å². The summed E-state index contributed by atoms with van der Waals surface area (Å²) in [5.74, 6) is -0.474. The maximum Gasteiger partial charge on any atom is 0.317 e. The van der Waals surface area contributed by atoms with Crippen LogP contribution in [-0.4, -0.2) is 41.0 Å². The summed E-state index contributed by atoms with van der Waals surface area (Å²) in [5, 5.41) is 11.9. The van der Waals surface area contributed by atoms with Gasteiger partial charge in [-0.05, 0) is 44.2 Å². The number of nitrogens with one attached hydrogen (secondary N) is 1. The fourth-order valence-electron chi connectivity index (χ4n) is 2.56. The van der Waals surface area contributed by atoms with Crippen LogP contribution in [0.2, 0.25) is 0 Å². The third-order valence-corrected chi connectivity index (χ3v) is 3.92. The van der Waals surface area contributed by atoms with Crippen LogP contribution >= 0.6 is 0 Å². The number of carbonyl (C=O) groups is 2. The number of carboxylic acid groups (broad SMARTS) is 1. The predicted molar refractivity (Wildman–Crippen MR) is 95.9 cm³/mol. The van der Waals surface area contributed by atoms with E-state index in [2.05, 4.69) is 31.3 Å². The second-order valence-electron chi connectivity index (χ2n) is 7.02. The molecule has 0 aliphatic carbocycles. The first-order valence-electron chi connectivity index (χ1n) is 8.53. The zero-order valence-electron chi connectivity index (χ0n) is 15.4. The van der Waals surface area contributed by atoms with Gasteiger partial charge in [-0.3, -0.25) is 14.5 Å². The van der Waals surface area contributed by atoms with E-state index >= 15 is 0 Å². The molecule has 0 radical (unpaired) electrons. The van der Waals surface area contributed by atoms with Crippen LogP contribution in [0.15, 0.2) is 24.3 Å². The van der Waals surface area contributed by atoms with Crippen molar-refractivity contribution in [2.75, 3.05) is 13.1 Å². The molecule has 1 unspecified atom stereocenters. The van der Waals surface area contributed by atoms with Gasteiger partial charge in [-0.25, -0.2) is 0 Å². The van der Waals surface area contributed by atoms with Gasteiger partial charge in [0.15, 0.2) is 0 Å². The van der Waals surface area contributed by atoms with Crippen LogP contribution in [0.3, 0.4) is 0 Å². The Morgan fingerprint density at radius 1 is 1.04 bits per heavy atom. The van der Waals surface area contributed by atoms with Crippen LogP contribution in [0.4, 0.5) is 0 Å². The maximum atomic E-state index is 12.2. The smallest absolute Gasteiger partial charge is 0.317 e. The molecule has 5 heteroatoms. The Kier molecular flexibility index (Phi) is 7.92. The van der Waals surface area contributed by atoms with E-state index in [0.717, 1.165) is 12.0 Å². The van der Waals surface area contributed by atoms with Gasteiger partial charge in [0.1, 0.15) is 0 Å². The quantitative estimate of drug-likeness (QED) is 0.728. The van der Waals surface area contributed by atoms with Crippen molar-refractivity contribution in [3.63, 3.8) is 0 Å². The number of nitrogens with zero attached hydrogens (tertiary/aromatic N) is 1. The van der Waals surface area contributed by atoms with Gasteiger partial charge in [-0.15, -0.1) is 0 Å². The summed E-state index contributed by atoms with van der Waals surface area (Å²) in [5.41, 5.74) is 2.34. The molecule has 24 heavy (non-hydrogen) atoms. The fourth-order valence-corrected chi connectivity index (χ4v) is 2.56. The van der Waals surface area contributed by atoms with Crippen LogP contribution in [0.25, 0.3) is 0 Å². The first kappa shape index (κ1) is 20.2. The van der Waals surface area contributed by atoms with Crippen molar-refractivity contribution in [2.45, 2.75) is 53.1 Å². The summed E-state index contributed by atoms with van der Waals surface area (Å²) >= 11 is 0. The second kappa shape index (κ2) is 9.42. The molecule has 0 aliphatic heterocycles. The van der Waals surface area contributed by atoms with Gasteiger partial charge >= 0.3 is 5.97 Å². The first-order valence-corrected chi connectivity index (χ1v) is 8.53. The fraction of sp³-hybridized carbons (Fsp3) is 0.579. The average Bonchev–Trinajstić information content (AvgIpc) is 2.45. The summed E-state index contributed by atoms with van der Waals surface area (Å²) in [7, 11) is 0. The number of amides is 1. The largest absolute Gasteiger partial charge is 0.480 e. The third kappa shape index (κ3) is 7.13. The third-order valence-electron chi connectivity index (χ3n) is 3.92. The topological polar surface area (TPSA) is 69.6 Å². The molecule has 0 fully saturated rings. The van der Waals surface area contributed by atoms with Crippen molar-refractivity contribution in [1.82, 2.24) is 10.2 Å². The minimum atomic E-state index is -0.926. The lowest BCUT2D eigenvalue weighted by Crippen LogP contribution is -2.43. The molecule has 1 atom stereocenters. The standard InChI is InChI=1S/C19H30N2O3/c1-13(2)10-16-6-8-17(9-7-16)15(5)20-18(22)11-21(14(3)4)12-19(23)24/h6-9,13-15H,10-12H2,1-5H3,(H,20,22)(H,23,24). The van der Waals surface area contributed by atoms with Crippen molar-refractivity contribution < 1.29 is 14.7 Å². The molecule has 0 bridgehead atoms. The molecule has 1 rings (SSSR count). The molecular formula is C19H30N2O3. The lowest BCUT2D eigenvalue weighted by atomic mass is 10.00. The Morgan fingerprint density at radius 3 is 2.08 bits per heavy atom. The molecule has 134 valence electrons. The van der Waals surface area contributed by atoms with Crippen molar-refractivity contribution in [2.24, 2.45) is 5.92 Å². The van der Waals surface area contributed by atoms with Gasteiger partial charge < -0.3 is 10.4 Å². The molecule has 2 N–H and O–H groups in total. The van der Waals surface area contributed by atoms with Crippen LogP contribution in [0, 0.1) is 5.92 Å². The summed E-state index contributed by atoms with van der Waals surface area (Å²) in [6.45, 7) is 10.0. The molecule has 1 aromatic rings. The van der Waals surface area contributed by atoms with E-state index in [1.807, 2.05) is 32.9 Å². The number of carbonyl (C=O) groups excluding carboxylic acids is 1. The monoisotopic (exact) mass is 334 g/mol. The maximum absolute atomic E-state index is 12.2. The molecule has 0 heterocycles. The van der Waals surface area contributed by atoms with Crippen LogP contribution < -0.4 is 5.32 Å². The van der Waals surface area contributed by atoms with E-state index in [-0.39, 0.29) is 31.1 Å². The van der Waals surface area contributed by atoms with Gasteiger partial charge in [0, 0.05) is 6.04 Å². The van der Waals surface area contributed by atoms with E-state index in [4.69, 9.17) is 5.11 Å². The summed E-state index contributed by atoms with van der Waals surface area (Å²) in [6.07, 6.45) is 1.04. The minimum Gasteiger partial charge on any atom is -0.480 e. The first-order chi connectivity index (χ1) is 11.2. The Balaban J connectivity index is 2.60. The number of hydrogen-bond acceptors (Lipinski definition) is 3. The lowest BCUT2D eigenvalue weighted by Gasteiger charge is -2.25. The van der Waals surface area contributed by atoms with Crippen LogP contribution in [0.5, 0.6) is 0 Å². The van der Waals surface area contributed by atoms with Gasteiger partial charge in [-0.2, -0.15) is 0 Å². The van der Waals surface area contributed by atoms with E-state index in [9.17, 15) is 9.59 Å². The van der Waals surface area contributed by atoms with Crippen molar-refractivity contribution >= 4 is 11.9 Å². The Morgan fingerprint density at radius 2 is 1.62 bits per heavy atom. The van der Waals surface area contributed by atoms with E-state index in [1.165, 1.54) is 5.56 Å². The van der Waals surface area contributed by atoms with Crippen molar-refractivity contribution in [3.05, 3.63) is 35.4 Å². The molecule has 1 amide bonds. The molecule has 0 spiro atoms. The van der Waals surface area contributed by atoms with E-state index in [1.54, 1.807) is 4.90 Å². The number of carboxylic acids is 1. The second-order valence-corrected chi connectivity index (χ2v) is 7.02. The molecular weight excluding hydrogens is 304 g/mol. The van der Waals surface area contributed by atoms with Gasteiger partial charge in [0.25, 0.3) is 0 Å². The molecule has 0 saturated carbocycles. The number of rotatable bonds is 9. The number of benzene rings is 1. The van der Waals surface area contributed by atoms with E-state index in [0.29, 0.717) is 5.92 Å². The predicted octanol–water partition coefficient (Wildman–Crippen LogP) is 2.86. The zero-order chi connectivity index (χ0) is 18.3. The minimum absolute atomic E-state index is 0.00234. The highest BCUT2D eigenvalue weighted by atomic mass is 16.4. The molecule has 5 nitrogen and oxygen atoms in total.